The van der Waals surface area contributed by atoms with Gasteiger partial charge in [0.05, 0.1) is 5.51 Å². The predicted octanol–water partition coefficient (Wildman–Crippen LogP) is 2.14. The molecule has 1 aromatic heterocycles. The van der Waals surface area contributed by atoms with Crippen molar-refractivity contribution in [2.45, 2.75) is 13.3 Å². The molecule has 5 heteroatoms. The highest BCUT2D eigenvalue weighted by molar-refractivity contribution is 7.07. The van der Waals surface area contributed by atoms with Gasteiger partial charge in [-0.15, -0.1) is 22.9 Å². The van der Waals surface area contributed by atoms with E-state index in [9.17, 15) is 4.79 Å². The fraction of sp³-hybridized carbons (Fsp3) is 0.556. The molecule has 1 rings (SSSR count). The van der Waals surface area contributed by atoms with Crippen LogP contribution in [0, 0.1) is 5.92 Å². The number of halogens is 1. The lowest BCUT2D eigenvalue weighted by Gasteiger charge is -2.09. The molecule has 0 aromatic carbocycles. The molecule has 0 aliphatic rings. The second-order valence-corrected chi connectivity index (χ2v) is 4.26. The number of carbonyl (C=O) groups excluding carboxylic acids is 1. The first kappa shape index (κ1) is 11.5. The summed E-state index contributed by atoms with van der Waals surface area (Å²) < 4.78 is 0. The molecule has 0 saturated carbocycles. The summed E-state index contributed by atoms with van der Waals surface area (Å²) in [5, 5.41) is 4.55. The van der Waals surface area contributed by atoms with Gasteiger partial charge in [0, 0.05) is 17.8 Å². The summed E-state index contributed by atoms with van der Waals surface area (Å²) in [4.78, 5) is 15.3. The zero-order chi connectivity index (χ0) is 10.4. The third kappa shape index (κ3) is 3.64. The molecule has 0 bridgehead atoms. The van der Waals surface area contributed by atoms with Gasteiger partial charge in [-0.25, -0.2) is 4.98 Å². The predicted molar refractivity (Wildman–Crippen MR) is 58.9 cm³/mol. The van der Waals surface area contributed by atoms with Crippen molar-refractivity contribution in [3.8, 4) is 0 Å². The van der Waals surface area contributed by atoms with Crippen LogP contribution >= 0.6 is 22.9 Å². The first-order valence-corrected chi connectivity index (χ1v) is 5.94. The lowest BCUT2D eigenvalue weighted by atomic mass is 10.1. The normalized spacial score (nSPS) is 12.4. The monoisotopic (exact) mass is 232 g/mol. The maximum absolute atomic E-state index is 11.4. The molecule has 14 heavy (non-hydrogen) atoms. The molecule has 0 aliphatic heterocycles. The van der Waals surface area contributed by atoms with Crippen LogP contribution in [0.3, 0.4) is 0 Å². The van der Waals surface area contributed by atoms with E-state index in [4.69, 9.17) is 11.6 Å². The van der Waals surface area contributed by atoms with Gasteiger partial charge in [-0.1, -0.05) is 6.92 Å². The number of nitrogens with zero attached hydrogens (tertiary/aromatic N) is 1. The first-order valence-electron chi connectivity index (χ1n) is 4.46. The van der Waals surface area contributed by atoms with Crippen LogP contribution in [0.2, 0.25) is 0 Å². The molecule has 78 valence electrons. The minimum Gasteiger partial charge on any atom is -0.350 e. The van der Waals surface area contributed by atoms with Gasteiger partial charge < -0.3 is 5.32 Å². The van der Waals surface area contributed by atoms with Crippen molar-refractivity contribution >= 4 is 28.8 Å². The Morgan fingerprint density at radius 1 is 1.79 bits per heavy atom. The van der Waals surface area contributed by atoms with Gasteiger partial charge in [-0.2, -0.15) is 0 Å². The maximum Gasteiger partial charge on any atom is 0.270 e. The molecule has 1 amide bonds. The summed E-state index contributed by atoms with van der Waals surface area (Å²) >= 11 is 7.01. The van der Waals surface area contributed by atoms with E-state index in [0.29, 0.717) is 24.0 Å². The Balaban J connectivity index is 2.28. The summed E-state index contributed by atoms with van der Waals surface area (Å²) in [6.45, 7) is 2.72. The highest BCUT2D eigenvalue weighted by Gasteiger charge is 2.08. The third-order valence-electron chi connectivity index (χ3n) is 1.88. The molecule has 3 nitrogen and oxygen atoms in total. The summed E-state index contributed by atoms with van der Waals surface area (Å²) in [6, 6.07) is 0. The van der Waals surface area contributed by atoms with E-state index in [1.54, 1.807) is 10.9 Å². The molecule has 0 saturated heterocycles. The fourth-order valence-electron chi connectivity index (χ4n) is 0.970. The van der Waals surface area contributed by atoms with E-state index in [1.807, 2.05) is 0 Å². The van der Waals surface area contributed by atoms with Crippen LogP contribution in [0.1, 0.15) is 23.8 Å². The number of carbonyl (C=O) groups is 1. The fourth-order valence-corrected chi connectivity index (χ4v) is 1.88. The highest BCUT2D eigenvalue weighted by Crippen LogP contribution is 2.03. The lowest BCUT2D eigenvalue weighted by Crippen LogP contribution is -2.28. The minimum atomic E-state index is -0.104. The van der Waals surface area contributed by atoms with Crippen molar-refractivity contribution in [1.82, 2.24) is 10.3 Å². The van der Waals surface area contributed by atoms with Crippen LogP contribution < -0.4 is 5.32 Å². The van der Waals surface area contributed by atoms with Gasteiger partial charge in [0.25, 0.3) is 5.91 Å². The van der Waals surface area contributed by atoms with E-state index in [0.717, 1.165) is 6.42 Å². The Hall–Kier alpha value is -0.610. The highest BCUT2D eigenvalue weighted by atomic mass is 35.5. The molecule has 1 heterocycles. The Labute approximate surface area is 92.5 Å². The van der Waals surface area contributed by atoms with Crippen LogP contribution in [0.15, 0.2) is 10.9 Å². The average Bonchev–Trinajstić information content (AvgIpc) is 2.67. The van der Waals surface area contributed by atoms with Crippen LogP contribution in [0.25, 0.3) is 0 Å². The molecule has 1 aromatic rings. The molecule has 0 fully saturated rings. The maximum atomic E-state index is 11.4. The SMILES string of the molecule is CC(CCCl)CNC(=O)c1cscn1. The van der Waals surface area contributed by atoms with E-state index < -0.39 is 0 Å². The molecule has 0 radical (unpaired) electrons. The second-order valence-electron chi connectivity index (χ2n) is 3.17. The van der Waals surface area contributed by atoms with Gasteiger partial charge >= 0.3 is 0 Å². The number of hydrogen-bond acceptors (Lipinski definition) is 3. The summed E-state index contributed by atoms with van der Waals surface area (Å²) in [6.07, 6.45) is 0.916. The zero-order valence-corrected chi connectivity index (χ0v) is 9.57. The van der Waals surface area contributed by atoms with Crippen molar-refractivity contribution < 1.29 is 4.79 Å². The Morgan fingerprint density at radius 2 is 2.57 bits per heavy atom. The summed E-state index contributed by atoms with van der Waals surface area (Å²) in [5.41, 5.74) is 2.14. The number of aromatic nitrogens is 1. The van der Waals surface area contributed by atoms with Crippen molar-refractivity contribution in [2.24, 2.45) is 5.92 Å². The van der Waals surface area contributed by atoms with Crippen LogP contribution in [0.4, 0.5) is 0 Å². The number of hydrogen-bond donors (Lipinski definition) is 1. The van der Waals surface area contributed by atoms with Gasteiger partial charge in [-0.05, 0) is 12.3 Å². The van der Waals surface area contributed by atoms with Crippen LogP contribution in [0.5, 0.6) is 0 Å². The van der Waals surface area contributed by atoms with Crippen molar-refractivity contribution in [3.63, 3.8) is 0 Å². The molecule has 1 N–H and O–H groups in total. The van der Waals surface area contributed by atoms with Crippen LogP contribution in [-0.2, 0) is 0 Å². The van der Waals surface area contributed by atoms with Crippen molar-refractivity contribution in [1.29, 1.82) is 0 Å². The number of thiazole rings is 1. The van der Waals surface area contributed by atoms with Gasteiger partial charge in [0.15, 0.2) is 0 Å². The third-order valence-corrected chi connectivity index (χ3v) is 2.68. The number of rotatable bonds is 5. The topological polar surface area (TPSA) is 42.0 Å². The Bertz CT molecular complexity index is 276. The van der Waals surface area contributed by atoms with E-state index in [-0.39, 0.29) is 5.91 Å². The molecule has 0 spiro atoms. The molecular weight excluding hydrogens is 220 g/mol. The van der Waals surface area contributed by atoms with Gasteiger partial charge in [0.2, 0.25) is 0 Å². The largest absolute Gasteiger partial charge is 0.350 e. The standard InChI is InChI=1S/C9H13ClN2OS/c1-7(2-3-10)4-11-9(13)8-5-14-6-12-8/h5-7H,2-4H2,1H3,(H,11,13). The van der Waals surface area contributed by atoms with E-state index >= 15 is 0 Å². The first-order chi connectivity index (χ1) is 6.74. The number of alkyl halides is 1. The summed E-state index contributed by atoms with van der Waals surface area (Å²) in [5.74, 6) is 0.941. The van der Waals surface area contributed by atoms with Gasteiger partial charge in [-0.3, -0.25) is 4.79 Å². The Morgan fingerprint density at radius 3 is 3.14 bits per heavy atom. The molecule has 1 unspecified atom stereocenters. The van der Waals surface area contributed by atoms with E-state index in [2.05, 4.69) is 17.2 Å². The molecule has 0 aliphatic carbocycles. The average molecular weight is 233 g/mol. The minimum absolute atomic E-state index is 0.104. The zero-order valence-electron chi connectivity index (χ0n) is 8.00. The quantitative estimate of drug-likeness (QED) is 0.791. The van der Waals surface area contributed by atoms with Crippen LogP contribution in [-0.4, -0.2) is 23.3 Å². The second kappa shape index (κ2) is 5.98. The van der Waals surface area contributed by atoms with Crippen molar-refractivity contribution in [3.05, 3.63) is 16.6 Å². The smallest absolute Gasteiger partial charge is 0.270 e. The number of amides is 1. The molecular formula is C9H13ClN2OS. The Kier molecular flexibility index (Phi) is 4.90. The van der Waals surface area contributed by atoms with E-state index in [1.165, 1.54) is 11.3 Å². The summed E-state index contributed by atoms with van der Waals surface area (Å²) in [7, 11) is 0. The molecule has 1 atom stereocenters. The lowest BCUT2D eigenvalue weighted by molar-refractivity contribution is 0.0943. The van der Waals surface area contributed by atoms with Gasteiger partial charge in [0.1, 0.15) is 5.69 Å². The van der Waals surface area contributed by atoms with Crippen molar-refractivity contribution in [2.75, 3.05) is 12.4 Å². The number of nitrogens with one attached hydrogen (secondary N) is 1.